The lowest BCUT2D eigenvalue weighted by atomic mass is 10.2. The summed E-state index contributed by atoms with van der Waals surface area (Å²) in [6, 6.07) is 0. The van der Waals surface area contributed by atoms with E-state index in [0.29, 0.717) is 18.3 Å². The van der Waals surface area contributed by atoms with Gasteiger partial charge in [-0.05, 0) is 5.92 Å². The highest BCUT2D eigenvalue weighted by atomic mass is 35.5. The van der Waals surface area contributed by atoms with Crippen molar-refractivity contribution in [2.24, 2.45) is 5.92 Å². The van der Waals surface area contributed by atoms with Crippen LogP contribution in [-0.2, 0) is 4.79 Å². The second kappa shape index (κ2) is 6.39. The number of likely N-dealkylation sites (N-methyl/N-ethyl adjacent to an activating group) is 1. The third kappa shape index (κ3) is 4.03. The SMILES string of the molecule is CC(C)CNC(=O)CN(C)c1nc[nH]c(=O)c1Cl. The summed E-state index contributed by atoms with van der Waals surface area (Å²) < 4.78 is 0. The topological polar surface area (TPSA) is 78.1 Å². The zero-order valence-electron chi connectivity index (χ0n) is 10.7. The minimum atomic E-state index is -0.420. The number of aromatic amines is 1. The van der Waals surface area contributed by atoms with Crippen molar-refractivity contribution in [3.05, 3.63) is 21.7 Å². The molecule has 18 heavy (non-hydrogen) atoms. The van der Waals surface area contributed by atoms with Gasteiger partial charge in [-0.15, -0.1) is 0 Å². The van der Waals surface area contributed by atoms with Gasteiger partial charge in [0.05, 0.1) is 12.9 Å². The third-order valence-corrected chi connectivity index (χ3v) is 2.57. The van der Waals surface area contributed by atoms with E-state index in [4.69, 9.17) is 11.6 Å². The number of carbonyl (C=O) groups excluding carboxylic acids is 1. The summed E-state index contributed by atoms with van der Waals surface area (Å²) in [6.45, 7) is 4.74. The lowest BCUT2D eigenvalue weighted by molar-refractivity contribution is -0.119. The first kappa shape index (κ1) is 14.5. The molecule has 0 aliphatic carbocycles. The molecule has 0 radical (unpaired) electrons. The van der Waals surface area contributed by atoms with Crippen LogP contribution in [0.4, 0.5) is 5.82 Å². The van der Waals surface area contributed by atoms with Crippen molar-refractivity contribution < 1.29 is 4.79 Å². The Morgan fingerprint density at radius 2 is 2.28 bits per heavy atom. The van der Waals surface area contributed by atoms with E-state index in [1.54, 1.807) is 7.05 Å². The number of carbonyl (C=O) groups is 1. The van der Waals surface area contributed by atoms with Crippen molar-refractivity contribution >= 4 is 23.3 Å². The first-order valence-corrected chi connectivity index (χ1v) is 6.00. The molecule has 0 aliphatic heterocycles. The van der Waals surface area contributed by atoms with Gasteiger partial charge < -0.3 is 15.2 Å². The monoisotopic (exact) mass is 272 g/mol. The van der Waals surface area contributed by atoms with Crippen molar-refractivity contribution in [2.75, 3.05) is 25.0 Å². The first-order chi connectivity index (χ1) is 8.41. The van der Waals surface area contributed by atoms with Crippen LogP contribution in [0.1, 0.15) is 13.8 Å². The molecule has 1 heterocycles. The number of amides is 1. The second-order valence-corrected chi connectivity index (χ2v) is 4.80. The lowest BCUT2D eigenvalue weighted by Gasteiger charge is -2.18. The highest BCUT2D eigenvalue weighted by Gasteiger charge is 2.13. The smallest absolute Gasteiger partial charge is 0.271 e. The summed E-state index contributed by atoms with van der Waals surface area (Å²) in [5.74, 6) is 0.546. The molecule has 100 valence electrons. The number of anilines is 1. The summed E-state index contributed by atoms with van der Waals surface area (Å²) in [5, 5.41) is 2.76. The molecule has 0 spiro atoms. The molecular formula is C11H17ClN4O2. The fourth-order valence-electron chi connectivity index (χ4n) is 1.30. The van der Waals surface area contributed by atoms with Gasteiger partial charge in [-0.1, -0.05) is 25.4 Å². The minimum Gasteiger partial charge on any atom is -0.354 e. The molecule has 0 aliphatic rings. The highest BCUT2D eigenvalue weighted by molar-refractivity contribution is 6.32. The maximum atomic E-state index is 11.6. The molecule has 0 fully saturated rings. The van der Waals surface area contributed by atoms with Gasteiger partial charge in [0.25, 0.3) is 5.56 Å². The molecule has 7 heteroatoms. The molecule has 0 atom stereocenters. The van der Waals surface area contributed by atoms with E-state index >= 15 is 0 Å². The Labute approximate surface area is 110 Å². The van der Waals surface area contributed by atoms with E-state index < -0.39 is 5.56 Å². The van der Waals surface area contributed by atoms with Crippen LogP contribution in [0.3, 0.4) is 0 Å². The molecule has 0 unspecified atom stereocenters. The fourth-order valence-corrected chi connectivity index (χ4v) is 1.55. The molecule has 1 amide bonds. The molecule has 2 N–H and O–H groups in total. The Bertz CT molecular complexity index is 472. The van der Waals surface area contributed by atoms with Crippen LogP contribution in [0.15, 0.2) is 11.1 Å². The Balaban J connectivity index is 2.65. The quantitative estimate of drug-likeness (QED) is 0.824. The summed E-state index contributed by atoms with van der Waals surface area (Å²) in [5.41, 5.74) is -0.420. The van der Waals surface area contributed by atoms with Crippen LogP contribution in [0.25, 0.3) is 0 Å². The number of aromatic nitrogens is 2. The molecule has 0 aromatic carbocycles. The normalized spacial score (nSPS) is 10.5. The molecule has 0 saturated carbocycles. The number of H-pyrrole nitrogens is 1. The summed E-state index contributed by atoms with van der Waals surface area (Å²) in [7, 11) is 1.66. The van der Waals surface area contributed by atoms with Crippen molar-refractivity contribution in [1.82, 2.24) is 15.3 Å². The lowest BCUT2D eigenvalue weighted by Crippen LogP contribution is -2.37. The average molecular weight is 273 g/mol. The van der Waals surface area contributed by atoms with Crippen LogP contribution >= 0.6 is 11.6 Å². The van der Waals surface area contributed by atoms with E-state index in [-0.39, 0.29) is 17.5 Å². The van der Waals surface area contributed by atoms with Crippen LogP contribution in [-0.4, -0.2) is 36.0 Å². The Hall–Kier alpha value is -1.56. The zero-order valence-corrected chi connectivity index (χ0v) is 11.4. The van der Waals surface area contributed by atoms with Gasteiger partial charge in [0.1, 0.15) is 5.02 Å². The Morgan fingerprint density at radius 3 is 2.89 bits per heavy atom. The summed E-state index contributed by atoms with van der Waals surface area (Å²) >= 11 is 5.82. The summed E-state index contributed by atoms with van der Waals surface area (Å²) in [4.78, 5) is 30.8. The summed E-state index contributed by atoms with van der Waals surface area (Å²) in [6.07, 6.45) is 1.26. The number of hydrogen-bond donors (Lipinski definition) is 2. The standard InChI is InChI=1S/C11H17ClN4O2/c1-7(2)4-13-8(17)5-16(3)10-9(12)11(18)15-6-14-10/h6-7H,4-5H2,1-3H3,(H,13,17)(H,14,15,18). The Kier molecular flexibility index (Phi) is 5.15. The highest BCUT2D eigenvalue weighted by Crippen LogP contribution is 2.15. The van der Waals surface area contributed by atoms with Gasteiger partial charge in [-0.3, -0.25) is 9.59 Å². The predicted molar refractivity (Wildman–Crippen MR) is 71.0 cm³/mol. The van der Waals surface area contributed by atoms with Crippen molar-refractivity contribution in [2.45, 2.75) is 13.8 Å². The number of halogens is 1. The maximum absolute atomic E-state index is 11.6. The first-order valence-electron chi connectivity index (χ1n) is 5.62. The third-order valence-electron chi connectivity index (χ3n) is 2.23. The van der Waals surface area contributed by atoms with E-state index in [9.17, 15) is 9.59 Å². The number of hydrogen-bond acceptors (Lipinski definition) is 4. The van der Waals surface area contributed by atoms with E-state index in [1.165, 1.54) is 11.2 Å². The molecule has 1 aromatic rings. The van der Waals surface area contributed by atoms with Crippen molar-refractivity contribution in [3.63, 3.8) is 0 Å². The Morgan fingerprint density at radius 1 is 1.61 bits per heavy atom. The molecule has 1 rings (SSSR count). The van der Waals surface area contributed by atoms with Crippen LogP contribution in [0, 0.1) is 5.92 Å². The molecule has 0 saturated heterocycles. The van der Waals surface area contributed by atoms with Gasteiger partial charge in [-0.25, -0.2) is 4.98 Å². The van der Waals surface area contributed by atoms with Gasteiger partial charge in [0.2, 0.25) is 5.91 Å². The zero-order chi connectivity index (χ0) is 13.7. The van der Waals surface area contributed by atoms with E-state index in [0.717, 1.165) is 0 Å². The van der Waals surface area contributed by atoms with Crippen molar-refractivity contribution in [1.29, 1.82) is 0 Å². The second-order valence-electron chi connectivity index (χ2n) is 4.42. The van der Waals surface area contributed by atoms with E-state index in [2.05, 4.69) is 15.3 Å². The maximum Gasteiger partial charge on any atom is 0.271 e. The minimum absolute atomic E-state index is 0.0170. The largest absolute Gasteiger partial charge is 0.354 e. The van der Waals surface area contributed by atoms with Crippen LogP contribution in [0.2, 0.25) is 5.02 Å². The number of nitrogens with zero attached hydrogens (tertiary/aromatic N) is 2. The van der Waals surface area contributed by atoms with Crippen molar-refractivity contribution in [3.8, 4) is 0 Å². The number of nitrogens with one attached hydrogen (secondary N) is 2. The van der Waals surface area contributed by atoms with Crippen LogP contribution in [0.5, 0.6) is 0 Å². The van der Waals surface area contributed by atoms with Gasteiger partial charge >= 0.3 is 0 Å². The molecular weight excluding hydrogens is 256 g/mol. The molecule has 0 bridgehead atoms. The van der Waals surface area contributed by atoms with Gasteiger partial charge in [-0.2, -0.15) is 0 Å². The molecule has 6 nitrogen and oxygen atoms in total. The average Bonchev–Trinajstić information content (AvgIpc) is 2.30. The predicted octanol–water partition coefficient (Wildman–Crippen LogP) is 0.632. The van der Waals surface area contributed by atoms with Gasteiger partial charge in [0, 0.05) is 13.6 Å². The van der Waals surface area contributed by atoms with E-state index in [1.807, 2.05) is 13.8 Å². The van der Waals surface area contributed by atoms with Crippen LogP contribution < -0.4 is 15.8 Å². The van der Waals surface area contributed by atoms with Gasteiger partial charge in [0.15, 0.2) is 5.82 Å². The molecule has 1 aromatic heterocycles. The fraction of sp³-hybridized carbons (Fsp3) is 0.545. The number of rotatable bonds is 5.